The summed E-state index contributed by atoms with van der Waals surface area (Å²) >= 11 is 0. The molecule has 0 spiro atoms. The Balaban J connectivity index is 1.70. The van der Waals surface area contributed by atoms with Gasteiger partial charge in [0.1, 0.15) is 5.69 Å². The molecule has 140 valence electrons. The van der Waals surface area contributed by atoms with Gasteiger partial charge in [0.15, 0.2) is 0 Å². The van der Waals surface area contributed by atoms with E-state index in [1.807, 2.05) is 15.6 Å². The number of ether oxygens (including phenoxy) is 1. The van der Waals surface area contributed by atoms with Crippen LogP contribution in [0.15, 0.2) is 6.07 Å². The van der Waals surface area contributed by atoms with Crippen molar-refractivity contribution < 1.29 is 9.53 Å². The average molecular weight is 348 g/mol. The van der Waals surface area contributed by atoms with Crippen LogP contribution in [0, 0.1) is 5.92 Å². The smallest absolute Gasteiger partial charge is 0.272 e. The summed E-state index contributed by atoms with van der Waals surface area (Å²) in [4.78, 5) is 17.7. The molecule has 2 aliphatic rings. The quantitative estimate of drug-likeness (QED) is 0.817. The van der Waals surface area contributed by atoms with E-state index in [4.69, 9.17) is 4.74 Å². The normalized spacial score (nSPS) is 22.6. The fraction of sp³-hybridized carbons (Fsp3) is 0.789. The summed E-state index contributed by atoms with van der Waals surface area (Å²) in [6.45, 7) is 12.4. The molecule has 0 aromatic carbocycles. The van der Waals surface area contributed by atoms with Crippen LogP contribution < -0.4 is 0 Å². The Morgan fingerprint density at radius 1 is 1.32 bits per heavy atom. The van der Waals surface area contributed by atoms with Crippen molar-refractivity contribution in [2.75, 3.05) is 39.4 Å². The fourth-order valence-corrected chi connectivity index (χ4v) is 3.94. The highest BCUT2D eigenvalue weighted by Crippen LogP contribution is 2.20. The summed E-state index contributed by atoms with van der Waals surface area (Å²) in [5.41, 5.74) is 1.78. The SMILES string of the molecule is CCn1nc(CC(C)C)cc1C(=O)N1CCCC(N2CCOCC2)C1. The average Bonchev–Trinajstić information content (AvgIpc) is 3.04. The Hall–Kier alpha value is -1.40. The van der Waals surface area contributed by atoms with Crippen molar-refractivity contribution >= 4 is 5.91 Å². The third-order valence-electron chi connectivity index (χ3n) is 5.21. The molecule has 0 N–H and O–H groups in total. The van der Waals surface area contributed by atoms with Gasteiger partial charge in [0, 0.05) is 38.8 Å². The van der Waals surface area contributed by atoms with Crippen molar-refractivity contribution in [2.45, 2.75) is 52.6 Å². The van der Waals surface area contributed by atoms with Gasteiger partial charge in [-0.1, -0.05) is 13.8 Å². The van der Waals surface area contributed by atoms with Gasteiger partial charge in [-0.3, -0.25) is 14.4 Å². The number of hydrogen-bond donors (Lipinski definition) is 0. The van der Waals surface area contributed by atoms with E-state index in [0.29, 0.717) is 12.0 Å². The van der Waals surface area contributed by atoms with Gasteiger partial charge in [0.05, 0.1) is 18.9 Å². The van der Waals surface area contributed by atoms with Gasteiger partial charge in [-0.05, 0) is 38.2 Å². The summed E-state index contributed by atoms with van der Waals surface area (Å²) in [6.07, 6.45) is 3.17. The van der Waals surface area contributed by atoms with Gasteiger partial charge in [0.25, 0.3) is 5.91 Å². The first-order valence-electron chi connectivity index (χ1n) is 9.76. The second-order valence-electron chi connectivity index (χ2n) is 7.63. The van der Waals surface area contributed by atoms with E-state index in [1.54, 1.807) is 0 Å². The summed E-state index contributed by atoms with van der Waals surface area (Å²) < 4.78 is 7.34. The van der Waals surface area contributed by atoms with Crippen molar-refractivity contribution in [1.29, 1.82) is 0 Å². The van der Waals surface area contributed by atoms with E-state index >= 15 is 0 Å². The van der Waals surface area contributed by atoms with Gasteiger partial charge in [-0.2, -0.15) is 5.10 Å². The summed E-state index contributed by atoms with van der Waals surface area (Å²) in [7, 11) is 0. The summed E-state index contributed by atoms with van der Waals surface area (Å²) in [6, 6.07) is 2.47. The summed E-state index contributed by atoms with van der Waals surface area (Å²) in [5.74, 6) is 0.686. The van der Waals surface area contributed by atoms with Crippen LogP contribution in [-0.4, -0.2) is 70.9 Å². The first kappa shape index (κ1) is 18.4. The van der Waals surface area contributed by atoms with Crippen LogP contribution >= 0.6 is 0 Å². The Kier molecular flexibility index (Phi) is 6.12. The lowest BCUT2D eigenvalue weighted by atomic mass is 10.0. The number of hydrogen-bond acceptors (Lipinski definition) is 4. The molecule has 0 radical (unpaired) electrons. The Morgan fingerprint density at radius 2 is 2.08 bits per heavy atom. The lowest BCUT2D eigenvalue weighted by molar-refractivity contribution is -0.00138. The highest BCUT2D eigenvalue weighted by Gasteiger charge is 2.30. The molecule has 2 saturated heterocycles. The predicted molar refractivity (Wildman–Crippen MR) is 97.8 cm³/mol. The number of carbonyl (C=O) groups excluding carboxylic acids is 1. The van der Waals surface area contributed by atoms with Gasteiger partial charge < -0.3 is 9.64 Å². The molecular weight excluding hydrogens is 316 g/mol. The molecule has 3 rings (SSSR count). The number of aromatic nitrogens is 2. The second kappa shape index (κ2) is 8.32. The standard InChI is InChI=1S/C19H32N4O2/c1-4-23-18(13-16(20-23)12-15(2)3)19(24)22-7-5-6-17(14-22)21-8-10-25-11-9-21/h13,15,17H,4-12,14H2,1-3H3. The molecule has 0 aliphatic carbocycles. The lowest BCUT2D eigenvalue weighted by Crippen LogP contribution is -2.53. The molecule has 2 aliphatic heterocycles. The molecule has 0 saturated carbocycles. The van der Waals surface area contributed by atoms with Gasteiger partial charge in [0.2, 0.25) is 0 Å². The van der Waals surface area contributed by atoms with Crippen LogP contribution in [0.2, 0.25) is 0 Å². The van der Waals surface area contributed by atoms with E-state index in [0.717, 1.165) is 70.2 Å². The van der Waals surface area contributed by atoms with Crippen LogP contribution in [0.4, 0.5) is 0 Å². The highest BCUT2D eigenvalue weighted by molar-refractivity contribution is 5.92. The third-order valence-corrected chi connectivity index (χ3v) is 5.21. The molecule has 1 atom stereocenters. The molecule has 6 heteroatoms. The van der Waals surface area contributed by atoms with Gasteiger partial charge >= 0.3 is 0 Å². The first-order chi connectivity index (χ1) is 12.1. The Bertz CT molecular complexity index is 578. The minimum Gasteiger partial charge on any atom is -0.379 e. The summed E-state index contributed by atoms with van der Waals surface area (Å²) in [5, 5.41) is 4.64. The maximum atomic E-state index is 13.1. The number of aryl methyl sites for hydroxylation is 1. The molecular formula is C19H32N4O2. The topological polar surface area (TPSA) is 50.6 Å². The molecule has 3 heterocycles. The molecule has 1 aromatic rings. The Morgan fingerprint density at radius 3 is 2.76 bits per heavy atom. The molecule has 6 nitrogen and oxygen atoms in total. The predicted octanol–water partition coefficient (Wildman–Crippen LogP) is 2.04. The van der Waals surface area contributed by atoms with Crippen molar-refractivity contribution in [2.24, 2.45) is 5.92 Å². The molecule has 2 fully saturated rings. The third kappa shape index (κ3) is 4.42. The van der Waals surface area contributed by atoms with Crippen LogP contribution in [0.5, 0.6) is 0 Å². The second-order valence-corrected chi connectivity index (χ2v) is 7.63. The molecule has 1 aromatic heterocycles. The highest BCUT2D eigenvalue weighted by atomic mass is 16.5. The van der Waals surface area contributed by atoms with Gasteiger partial charge in [-0.25, -0.2) is 0 Å². The van der Waals surface area contributed by atoms with Crippen LogP contribution in [0.1, 0.15) is 49.8 Å². The van der Waals surface area contributed by atoms with E-state index in [9.17, 15) is 4.79 Å². The van der Waals surface area contributed by atoms with Crippen molar-refractivity contribution in [3.05, 3.63) is 17.5 Å². The molecule has 25 heavy (non-hydrogen) atoms. The van der Waals surface area contributed by atoms with E-state index in [2.05, 4.69) is 30.8 Å². The number of carbonyl (C=O) groups is 1. The number of rotatable bonds is 5. The zero-order chi connectivity index (χ0) is 17.8. The number of nitrogens with zero attached hydrogens (tertiary/aromatic N) is 4. The van der Waals surface area contributed by atoms with Crippen LogP contribution in [0.25, 0.3) is 0 Å². The monoisotopic (exact) mass is 348 g/mol. The zero-order valence-corrected chi connectivity index (χ0v) is 15.9. The van der Waals surface area contributed by atoms with Crippen molar-refractivity contribution in [1.82, 2.24) is 19.6 Å². The number of piperidine rings is 1. The lowest BCUT2D eigenvalue weighted by Gasteiger charge is -2.40. The zero-order valence-electron chi connectivity index (χ0n) is 15.9. The van der Waals surface area contributed by atoms with Gasteiger partial charge in [-0.15, -0.1) is 0 Å². The first-order valence-corrected chi connectivity index (χ1v) is 9.76. The molecule has 1 unspecified atom stereocenters. The molecule has 0 bridgehead atoms. The maximum Gasteiger partial charge on any atom is 0.272 e. The maximum absolute atomic E-state index is 13.1. The van der Waals surface area contributed by atoms with Crippen molar-refractivity contribution in [3.8, 4) is 0 Å². The van der Waals surface area contributed by atoms with Crippen LogP contribution in [0.3, 0.4) is 0 Å². The fourth-order valence-electron chi connectivity index (χ4n) is 3.94. The number of likely N-dealkylation sites (tertiary alicyclic amines) is 1. The van der Waals surface area contributed by atoms with E-state index in [1.165, 1.54) is 6.42 Å². The minimum absolute atomic E-state index is 0.141. The number of amides is 1. The molecule has 1 amide bonds. The minimum atomic E-state index is 0.141. The van der Waals surface area contributed by atoms with Crippen LogP contribution in [-0.2, 0) is 17.7 Å². The number of morpholine rings is 1. The van der Waals surface area contributed by atoms with E-state index < -0.39 is 0 Å². The Labute approximate surface area is 151 Å². The largest absolute Gasteiger partial charge is 0.379 e. The van der Waals surface area contributed by atoms with Crippen molar-refractivity contribution in [3.63, 3.8) is 0 Å². The van der Waals surface area contributed by atoms with E-state index in [-0.39, 0.29) is 5.91 Å².